The molecule has 0 spiro atoms. The number of thiol groups is 1. The molecule has 8 heteroatoms. The first-order chi connectivity index (χ1) is 11.1. The van der Waals surface area contributed by atoms with Crippen molar-refractivity contribution in [1.82, 2.24) is 0 Å². The van der Waals surface area contributed by atoms with Crippen LogP contribution in [0.4, 0.5) is 16.2 Å². The van der Waals surface area contributed by atoms with E-state index in [1.54, 1.807) is 32.9 Å². The van der Waals surface area contributed by atoms with Gasteiger partial charge in [-0.2, -0.15) is 12.6 Å². The van der Waals surface area contributed by atoms with Crippen molar-refractivity contribution in [2.45, 2.75) is 32.4 Å². The number of hydrogen-bond donors (Lipinski definition) is 3. The van der Waals surface area contributed by atoms with Crippen LogP contribution in [0.25, 0.3) is 11.0 Å². The van der Waals surface area contributed by atoms with Crippen LogP contribution in [0, 0.1) is 0 Å². The fourth-order valence-electron chi connectivity index (χ4n) is 2.20. The maximum atomic E-state index is 12.6. The molecule has 3 N–H and O–H groups in total. The zero-order chi connectivity index (χ0) is 18.1. The number of rotatable bonds is 4. The van der Waals surface area contributed by atoms with Crippen LogP contribution >= 0.6 is 12.6 Å². The number of nitrogen functional groups attached to an aromatic ring is 1. The van der Waals surface area contributed by atoms with E-state index >= 15 is 0 Å². The van der Waals surface area contributed by atoms with Gasteiger partial charge in [0.1, 0.15) is 17.2 Å². The predicted molar refractivity (Wildman–Crippen MR) is 94.6 cm³/mol. The molecule has 7 nitrogen and oxygen atoms in total. The molecule has 2 aromatic rings. The van der Waals surface area contributed by atoms with Crippen molar-refractivity contribution in [2.24, 2.45) is 0 Å². The number of carbonyl (C=O) groups is 2. The maximum absolute atomic E-state index is 12.6. The lowest BCUT2D eigenvalue weighted by Gasteiger charge is -2.31. The van der Waals surface area contributed by atoms with E-state index in [1.807, 2.05) is 0 Å². The third-order valence-electron chi connectivity index (χ3n) is 3.22. The van der Waals surface area contributed by atoms with Gasteiger partial charge in [0.25, 0.3) is 0 Å². The molecule has 0 aliphatic rings. The van der Waals surface area contributed by atoms with Crippen LogP contribution in [-0.4, -0.2) is 34.6 Å². The molecule has 1 unspecified atom stereocenters. The lowest BCUT2D eigenvalue weighted by Crippen LogP contribution is -2.49. The summed E-state index contributed by atoms with van der Waals surface area (Å²) in [4.78, 5) is 25.2. The Morgan fingerprint density at radius 2 is 2.08 bits per heavy atom. The highest BCUT2D eigenvalue weighted by Crippen LogP contribution is 2.32. The normalized spacial score (nSPS) is 12.8. The third-order valence-corrected chi connectivity index (χ3v) is 3.57. The molecule has 0 radical (unpaired) electrons. The van der Waals surface area contributed by atoms with Crippen molar-refractivity contribution in [1.29, 1.82) is 0 Å². The summed E-state index contributed by atoms with van der Waals surface area (Å²) in [6.07, 6.45) is 0.667. The number of nitrogens with zero attached hydrogens (tertiary/aromatic N) is 1. The largest absolute Gasteiger partial charge is 0.480 e. The van der Waals surface area contributed by atoms with Crippen molar-refractivity contribution >= 4 is 47.0 Å². The molecule has 0 saturated carbocycles. The fourth-order valence-corrected chi connectivity index (χ4v) is 2.52. The maximum Gasteiger partial charge on any atom is 0.415 e. The van der Waals surface area contributed by atoms with Gasteiger partial charge in [-0.3, -0.25) is 4.90 Å². The SMILES string of the molecule is CC(C)(C)OC(=O)N(c1cc2occc2cc1N)C(CS)C(=O)O. The lowest BCUT2D eigenvalue weighted by atomic mass is 10.1. The standard InChI is InChI=1S/C16H20N2O5S/c1-16(2,3)23-15(21)18(12(8-24)14(19)20)11-7-13-9(4-5-22-13)6-10(11)17/h4-7,12,24H,8,17H2,1-3H3,(H,19,20). The number of ether oxygens (including phenoxy) is 1. The van der Waals surface area contributed by atoms with Gasteiger partial charge in [0, 0.05) is 17.2 Å². The van der Waals surface area contributed by atoms with Crippen LogP contribution in [0.3, 0.4) is 0 Å². The Bertz CT molecular complexity index is 765. The highest BCUT2D eigenvalue weighted by Gasteiger charge is 2.34. The van der Waals surface area contributed by atoms with Gasteiger partial charge in [-0.05, 0) is 32.9 Å². The molecule has 1 aromatic carbocycles. The molecular weight excluding hydrogens is 332 g/mol. The quantitative estimate of drug-likeness (QED) is 0.576. The molecule has 1 amide bonds. The first-order valence-electron chi connectivity index (χ1n) is 7.26. The summed E-state index contributed by atoms with van der Waals surface area (Å²) >= 11 is 4.05. The number of carboxylic acid groups (broad SMARTS) is 1. The monoisotopic (exact) mass is 352 g/mol. The number of carbonyl (C=O) groups excluding carboxylic acids is 1. The molecular formula is C16H20N2O5S. The molecule has 0 saturated heterocycles. The molecule has 1 aromatic heterocycles. The van der Waals surface area contributed by atoms with Crippen LogP contribution in [0.15, 0.2) is 28.9 Å². The molecule has 0 aliphatic heterocycles. The zero-order valence-corrected chi connectivity index (χ0v) is 14.5. The molecule has 1 atom stereocenters. The fraction of sp³-hybridized carbons (Fsp3) is 0.375. The Balaban J connectivity index is 2.56. The van der Waals surface area contributed by atoms with Crippen molar-refractivity contribution < 1.29 is 23.8 Å². The van der Waals surface area contributed by atoms with Gasteiger partial charge in [0.2, 0.25) is 0 Å². The van der Waals surface area contributed by atoms with E-state index in [1.165, 1.54) is 12.3 Å². The van der Waals surface area contributed by atoms with Crippen LogP contribution in [0.1, 0.15) is 20.8 Å². The molecule has 0 aliphatic carbocycles. The number of anilines is 2. The van der Waals surface area contributed by atoms with Crippen LogP contribution in [0.2, 0.25) is 0 Å². The minimum absolute atomic E-state index is 0.107. The van der Waals surface area contributed by atoms with Gasteiger partial charge in [0.15, 0.2) is 0 Å². The van der Waals surface area contributed by atoms with Crippen LogP contribution in [0.5, 0.6) is 0 Å². The topological polar surface area (TPSA) is 106 Å². The number of aliphatic carboxylic acids is 1. The summed E-state index contributed by atoms with van der Waals surface area (Å²) in [5.41, 5.74) is 6.16. The Kier molecular flexibility index (Phi) is 4.98. The van der Waals surface area contributed by atoms with Gasteiger partial charge in [-0.25, -0.2) is 9.59 Å². The van der Waals surface area contributed by atoms with Crippen molar-refractivity contribution in [2.75, 3.05) is 16.4 Å². The molecule has 0 bridgehead atoms. The van der Waals surface area contributed by atoms with E-state index in [2.05, 4.69) is 12.6 Å². The minimum atomic E-state index is -1.24. The second-order valence-corrected chi connectivity index (χ2v) is 6.62. The second kappa shape index (κ2) is 6.64. The average Bonchev–Trinajstić information content (AvgIpc) is 2.88. The first kappa shape index (κ1) is 18.0. The summed E-state index contributed by atoms with van der Waals surface area (Å²) < 4.78 is 10.7. The van der Waals surface area contributed by atoms with Gasteiger partial charge >= 0.3 is 12.1 Å². The summed E-state index contributed by atoms with van der Waals surface area (Å²) in [6, 6.07) is 3.62. The van der Waals surface area contributed by atoms with E-state index in [-0.39, 0.29) is 17.1 Å². The summed E-state index contributed by atoms with van der Waals surface area (Å²) in [5.74, 6) is -1.32. The van der Waals surface area contributed by atoms with E-state index in [4.69, 9.17) is 14.9 Å². The Morgan fingerprint density at radius 1 is 1.42 bits per heavy atom. The Labute approximate surface area is 144 Å². The molecule has 0 fully saturated rings. The highest BCUT2D eigenvalue weighted by atomic mass is 32.1. The summed E-state index contributed by atoms with van der Waals surface area (Å²) in [6.45, 7) is 5.08. The highest BCUT2D eigenvalue weighted by molar-refractivity contribution is 7.80. The van der Waals surface area contributed by atoms with Gasteiger partial charge < -0.3 is 20.0 Å². The van der Waals surface area contributed by atoms with E-state index < -0.39 is 23.7 Å². The van der Waals surface area contributed by atoms with E-state index in [0.29, 0.717) is 5.58 Å². The molecule has 2 rings (SSSR count). The lowest BCUT2D eigenvalue weighted by molar-refractivity contribution is -0.138. The van der Waals surface area contributed by atoms with Crippen molar-refractivity contribution in [3.63, 3.8) is 0 Å². The third kappa shape index (κ3) is 3.76. The van der Waals surface area contributed by atoms with Gasteiger partial charge in [-0.1, -0.05) is 0 Å². The molecule has 24 heavy (non-hydrogen) atoms. The minimum Gasteiger partial charge on any atom is -0.480 e. The summed E-state index contributed by atoms with van der Waals surface area (Å²) in [5, 5.41) is 10.2. The number of amides is 1. The van der Waals surface area contributed by atoms with Crippen LogP contribution in [-0.2, 0) is 9.53 Å². The van der Waals surface area contributed by atoms with Crippen LogP contribution < -0.4 is 10.6 Å². The number of fused-ring (bicyclic) bond motifs is 1. The van der Waals surface area contributed by atoms with Crippen molar-refractivity contribution in [3.8, 4) is 0 Å². The Morgan fingerprint density at radius 3 is 2.62 bits per heavy atom. The molecule has 130 valence electrons. The Hall–Kier alpha value is -2.35. The average molecular weight is 352 g/mol. The number of hydrogen-bond acceptors (Lipinski definition) is 6. The van der Waals surface area contributed by atoms with E-state index in [0.717, 1.165) is 10.3 Å². The van der Waals surface area contributed by atoms with Crippen molar-refractivity contribution in [3.05, 3.63) is 24.5 Å². The number of nitrogens with two attached hydrogens (primary N) is 1. The first-order valence-corrected chi connectivity index (χ1v) is 7.90. The smallest absolute Gasteiger partial charge is 0.415 e. The molecule has 1 heterocycles. The predicted octanol–water partition coefficient (Wildman–Crippen LogP) is 3.14. The zero-order valence-electron chi connectivity index (χ0n) is 13.6. The van der Waals surface area contributed by atoms with E-state index in [9.17, 15) is 14.7 Å². The number of benzene rings is 1. The number of carboxylic acids is 1. The number of furan rings is 1. The summed E-state index contributed by atoms with van der Waals surface area (Å²) in [7, 11) is 0. The second-order valence-electron chi connectivity index (χ2n) is 6.26. The van der Waals surface area contributed by atoms with Gasteiger partial charge in [0.05, 0.1) is 17.6 Å². The van der Waals surface area contributed by atoms with Gasteiger partial charge in [-0.15, -0.1) is 0 Å².